The van der Waals surface area contributed by atoms with Gasteiger partial charge in [0.15, 0.2) is 0 Å². The van der Waals surface area contributed by atoms with Crippen LogP contribution in [0.1, 0.15) is 5.56 Å². The first kappa shape index (κ1) is 9.04. The van der Waals surface area contributed by atoms with Gasteiger partial charge >= 0.3 is 0 Å². The quantitative estimate of drug-likeness (QED) is 0.760. The van der Waals surface area contributed by atoms with E-state index in [0.717, 1.165) is 11.3 Å². The molecule has 1 N–H and O–H groups in total. The molecule has 14 heavy (non-hydrogen) atoms. The topological polar surface area (TPSA) is 48.2 Å². The molecule has 1 aromatic rings. The zero-order valence-corrected chi connectivity index (χ0v) is 8.12. The van der Waals surface area contributed by atoms with Crippen LogP contribution in [0.2, 0.25) is 5.02 Å². The maximum atomic E-state index is 8.86. The zero-order chi connectivity index (χ0) is 9.97. The third kappa shape index (κ3) is 1.57. The molecule has 1 unspecified atom stereocenters. The first-order chi connectivity index (χ1) is 6.81. The van der Waals surface area contributed by atoms with E-state index in [1.807, 2.05) is 12.1 Å². The molecule has 0 aromatic heterocycles. The normalized spacial score (nSPS) is 19.7. The van der Waals surface area contributed by atoms with Crippen molar-refractivity contribution in [3.05, 3.63) is 34.9 Å². The Labute approximate surface area is 87.0 Å². The van der Waals surface area contributed by atoms with Crippen LogP contribution < -0.4 is 5.43 Å². The van der Waals surface area contributed by atoms with Crippen LogP contribution in [0.5, 0.6) is 0 Å². The van der Waals surface area contributed by atoms with E-state index >= 15 is 0 Å². The number of nitriles is 1. The Hall–Kier alpha value is -1.53. The van der Waals surface area contributed by atoms with Gasteiger partial charge in [0, 0.05) is 5.02 Å². The summed E-state index contributed by atoms with van der Waals surface area (Å²) in [6, 6.07) is 9.54. The summed E-state index contributed by atoms with van der Waals surface area (Å²) in [5.41, 5.74) is 4.56. The van der Waals surface area contributed by atoms with Gasteiger partial charge in [-0.2, -0.15) is 10.4 Å². The Balaban J connectivity index is 2.32. The lowest BCUT2D eigenvalue weighted by Crippen LogP contribution is -2.14. The molecular weight excluding hydrogens is 198 g/mol. The molecule has 1 aromatic carbocycles. The molecule has 70 valence electrons. The maximum absolute atomic E-state index is 8.86. The van der Waals surface area contributed by atoms with Gasteiger partial charge in [-0.15, -0.1) is 0 Å². The molecule has 0 spiro atoms. The highest BCUT2D eigenvalue weighted by Gasteiger charge is 2.21. The van der Waals surface area contributed by atoms with E-state index in [4.69, 9.17) is 16.9 Å². The van der Waals surface area contributed by atoms with Gasteiger partial charge in [-0.25, -0.2) is 0 Å². The molecule has 0 saturated heterocycles. The molecule has 1 heterocycles. The third-order valence-corrected chi connectivity index (χ3v) is 2.37. The van der Waals surface area contributed by atoms with Crippen LogP contribution in [0.3, 0.4) is 0 Å². The summed E-state index contributed by atoms with van der Waals surface area (Å²) in [5, 5.41) is 13.6. The summed E-state index contributed by atoms with van der Waals surface area (Å²) >= 11 is 5.77. The van der Waals surface area contributed by atoms with Gasteiger partial charge in [0.25, 0.3) is 0 Å². The van der Waals surface area contributed by atoms with E-state index in [1.54, 1.807) is 12.1 Å². The summed E-state index contributed by atoms with van der Waals surface area (Å²) in [5.74, 6) is -0.156. The molecule has 1 atom stereocenters. The van der Waals surface area contributed by atoms with Crippen molar-refractivity contribution >= 4 is 17.3 Å². The van der Waals surface area contributed by atoms with Crippen molar-refractivity contribution in [2.75, 3.05) is 6.54 Å². The van der Waals surface area contributed by atoms with E-state index in [-0.39, 0.29) is 5.92 Å². The molecule has 0 saturated carbocycles. The van der Waals surface area contributed by atoms with Gasteiger partial charge in [0.05, 0.1) is 18.3 Å². The summed E-state index contributed by atoms with van der Waals surface area (Å²) in [6.45, 7) is 0.592. The fourth-order valence-corrected chi connectivity index (χ4v) is 1.52. The van der Waals surface area contributed by atoms with E-state index in [9.17, 15) is 0 Å². The lowest BCUT2D eigenvalue weighted by molar-refractivity contribution is 0.755. The summed E-state index contributed by atoms with van der Waals surface area (Å²) in [4.78, 5) is 0. The highest BCUT2D eigenvalue weighted by atomic mass is 35.5. The lowest BCUT2D eigenvalue weighted by atomic mass is 9.99. The van der Waals surface area contributed by atoms with Crippen LogP contribution >= 0.6 is 11.6 Å². The van der Waals surface area contributed by atoms with Crippen molar-refractivity contribution < 1.29 is 0 Å². The fraction of sp³-hybridized carbons (Fsp3) is 0.200. The van der Waals surface area contributed by atoms with E-state index in [2.05, 4.69) is 16.6 Å². The molecule has 3 nitrogen and oxygen atoms in total. The molecule has 0 aliphatic carbocycles. The highest BCUT2D eigenvalue weighted by molar-refractivity contribution is 6.30. The van der Waals surface area contributed by atoms with Crippen molar-refractivity contribution in [1.29, 1.82) is 5.26 Å². The molecule has 1 aliphatic heterocycles. The first-order valence-corrected chi connectivity index (χ1v) is 4.65. The summed E-state index contributed by atoms with van der Waals surface area (Å²) in [7, 11) is 0. The Morgan fingerprint density at radius 3 is 2.79 bits per heavy atom. The number of hydrogen-bond acceptors (Lipinski definition) is 3. The predicted molar refractivity (Wildman–Crippen MR) is 55.1 cm³/mol. The summed E-state index contributed by atoms with van der Waals surface area (Å²) in [6.07, 6.45) is 0. The van der Waals surface area contributed by atoms with Crippen molar-refractivity contribution in [1.82, 2.24) is 5.43 Å². The average Bonchev–Trinajstić information content (AvgIpc) is 2.67. The number of rotatable bonds is 1. The molecule has 1 aliphatic rings. The van der Waals surface area contributed by atoms with Crippen molar-refractivity contribution in [3.8, 4) is 6.07 Å². The van der Waals surface area contributed by atoms with Gasteiger partial charge in [-0.1, -0.05) is 23.7 Å². The number of hydrogen-bond donors (Lipinski definition) is 1. The smallest absolute Gasteiger partial charge is 0.110 e. The molecule has 2 rings (SSSR count). The number of halogens is 1. The van der Waals surface area contributed by atoms with E-state index in [1.165, 1.54) is 0 Å². The molecule has 0 fully saturated rings. The molecule has 0 bridgehead atoms. The Morgan fingerprint density at radius 1 is 1.43 bits per heavy atom. The lowest BCUT2D eigenvalue weighted by Gasteiger charge is -2.02. The van der Waals surface area contributed by atoms with Gasteiger partial charge in [0.1, 0.15) is 5.92 Å². The first-order valence-electron chi connectivity index (χ1n) is 4.27. The van der Waals surface area contributed by atoms with Crippen molar-refractivity contribution in [2.24, 2.45) is 11.0 Å². The number of nitrogens with one attached hydrogen (secondary N) is 1. The van der Waals surface area contributed by atoms with Crippen LogP contribution in [0.4, 0.5) is 0 Å². The SMILES string of the molecule is N#CC1CNN=C1c1ccc(Cl)cc1. The number of nitrogens with zero attached hydrogens (tertiary/aromatic N) is 2. The van der Waals surface area contributed by atoms with E-state index < -0.39 is 0 Å². The van der Waals surface area contributed by atoms with Crippen molar-refractivity contribution in [3.63, 3.8) is 0 Å². The monoisotopic (exact) mass is 205 g/mol. The number of hydrazone groups is 1. The van der Waals surface area contributed by atoms with E-state index in [0.29, 0.717) is 11.6 Å². The van der Waals surface area contributed by atoms with Gasteiger partial charge in [0.2, 0.25) is 0 Å². The standard InChI is InChI=1S/C10H8ClN3/c11-9-3-1-7(2-4-9)10-8(5-12)6-13-14-10/h1-4,8,13H,6H2. The summed E-state index contributed by atoms with van der Waals surface area (Å²) < 4.78 is 0. The molecule has 0 radical (unpaired) electrons. The minimum atomic E-state index is -0.156. The van der Waals surface area contributed by atoms with Crippen LogP contribution in [-0.2, 0) is 0 Å². The Kier molecular flexibility index (Phi) is 2.38. The number of benzene rings is 1. The second kappa shape index (κ2) is 3.69. The van der Waals surface area contributed by atoms with Crippen molar-refractivity contribution in [2.45, 2.75) is 0 Å². The predicted octanol–water partition coefficient (Wildman–Crippen LogP) is 1.79. The Bertz CT molecular complexity index is 402. The fourth-order valence-electron chi connectivity index (χ4n) is 1.39. The zero-order valence-electron chi connectivity index (χ0n) is 7.37. The average molecular weight is 206 g/mol. The van der Waals surface area contributed by atoms with Crippen LogP contribution in [-0.4, -0.2) is 12.3 Å². The maximum Gasteiger partial charge on any atom is 0.110 e. The second-order valence-electron chi connectivity index (χ2n) is 3.05. The molecule has 0 amide bonds. The van der Waals surface area contributed by atoms with Gasteiger partial charge < -0.3 is 5.43 Å². The van der Waals surface area contributed by atoms with Crippen LogP contribution in [0.15, 0.2) is 29.4 Å². The minimum Gasteiger partial charge on any atom is -0.308 e. The second-order valence-corrected chi connectivity index (χ2v) is 3.48. The third-order valence-electron chi connectivity index (χ3n) is 2.12. The molecular formula is C10H8ClN3. The van der Waals surface area contributed by atoms with Crippen LogP contribution in [0.25, 0.3) is 0 Å². The van der Waals surface area contributed by atoms with Gasteiger partial charge in [-0.3, -0.25) is 0 Å². The minimum absolute atomic E-state index is 0.156. The molecule has 4 heteroatoms. The van der Waals surface area contributed by atoms with Crippen LogP contribution in [0, 0.1) is 17.2 Å². The largest absolute Gasteiger partial charge is 0.308 e. The van der Waals surface area contributed by atoms with Gasteiger partial charge in [-0.05, 0) is 17.7 Å². The Morgan fingerprint density at radius 2 is 2.14 bits per heavy atom. The highest BCUT2D eigenvalue weighted by Crippen LogP contribution is 2.16.